The van der Waals surface area contributed by atoms with Crippen molar-refractivity contribution >= 4 is 0 Å². The van der Waals surface area contributed by atoms with Crippen molar-refractivity contribution in [3.8, 4) is 0 Å². The van der Waals surface area contributed by atoms with Crippen molar-refractivity contribution in [2.24, 2.45) is 0 Å². The van der Waals surface area contributed by atoms with E-state index in [0.717, 1.165) is 12.8 Å². The van der Waals surface area contributed by atoms with Gasteiger partial charge in [0.2, 0.25) is 0 Å². The van der Waals surface area contributed by atoms with Crippen LogP contribution in [0.5, 0.6) is 0 Å². The zero-order chi connectivity index (χ0) is 8.86. The van der Waals surface area contributed by atoms with Gasteiger partial charge in [-0.3, -0.25) is 0 Å². The molecule has 1 aliphatic heterocycles. The Morgan fingerprint density at radius 1 is 1.17 bits per heavy atom. The van der Waals surface area contributed by atoms with E-state index < -0.39 is 5.79 Å². The fourth-order valence-corrected chi connectivity index (χ4v) is 1.41. The normalized spacial score (nSPS) is 27.5. The summed E-state index contributed by atoms with van der Waals surface area (Å²) in [5.41, 5.74) is 0. The molecule has 1 rings (SSSR count). The van der Waals surface area contributed by atoms with Gasteiger partial charge in [0, 0.05) is 6.42 Å². The number of unbranched alkanes of at least 4 members (excludes halogenated alkanes) is 5. The van der Waals surface area contributed by atoms with Gasteiger partial charge in [-0.1, -0.05) is 39.0 Å². The molecule has 1 unspecified atom stereocenters. The van der Waals surface area contributed by atoms with E-state index in [1.54, 1.807) is 0 Å². The molecule has 1 atom stereocenters. The smallest absolute Gasteiger partial charge is 0.189 e. The molecule has 0 amide bonds. The summed E-state index contributed by atoms with van der Waals surface area (Å²) in [7, 11) is 0. The van der Waals surface area contributed by atoms with E-state index in [1.165, 1.54) is 32.1 Å². The monoisotopic (exact) mass is 172 g/mol. The molecule has 0 bridgehead atoms. The second-order valence-electron chi connectivity index (χ2n) is 3.75. The molecule has 0 aromatic heterocycles. The maximum absolute atomic E-state index is 9.31. The Labute approximate surface area is 74.9 Å². The molecule has 72 valence electrons. The van der Waals surface area contributed by atoms with Crippen LogP contribution in [0.3, 0.4) is 0 Å². The lowest BCUT2D eigenvalue weighted by Gasteiger charge is -2.03. The standard InChI is InChI=1S/C10H20O2/c1-2-3-4-5-6-7-8-10(11)9-12-10/h11H,2-9H2,1H3. The predicted molar refractivity (Wildman–Crippen MR) is 48.9 cm³/mol. The molecule has 0 aliphatic carbocycles. The third kappa shape index (κ3) is 4.07. The van der Waals surface area contributed by atoms with Crippen molar-refractivity contribution in [2.45, 2.75) is 57.7 Å². The van der Waals surface area contributed by atoms with E-state index >= 15 is 0 Å². The van der Waals surface area contributed by atoms with Crippen LogP contribution in [0.4, 0.5) is 0 Å². The van der Waals surface area contributed by atoms with Crippen molar-refractivity contribution in [3.63, 3.8) is 0 Å². The van der Waals surface area contributed by atoms with E-state index in [1.807, 2.05) is 0 Å². The summed E-state index contributed by atoms with van der Waals surface area (Å²) in [5.74, 6) is -0.704. The fraction of sp³-hybridized carbons (Fsp3) is 1.00. The van der Waals surface area contributed by atoms with Gasteiger partial charge in [0.1, 0.15) is 6.61 Å². The maximum Gasteiger partial charge on any atom is 0.189 e. The van der Waals surface area contributed by atoms with Gasteiger partial charge in [-0.05, 0) is 6.42 Å². The van der Waals surface area contributed by atoms with Gasteiger partial charge in [0.05, 0.1) is 0 Å². The number of hydrogen-bond acceptors (Lipinski definition) is 2. The molecule has 0 spiro atoms. The first kappa shape index (κ1) is 10.0. The van der Waals surface area contributed by atoms with Gasteiger partial charge in [-0.15, -0.1) is 0 Å². The third-order valence-electron chi connectivity index (χ3n) is 2.40. The molecule has 0 aromatic rings. The van der Waals surface area contributed by atoms with Gasteiger partial charge in [0.25, 0.3) is 0 Å². The molecule has 0 saturated carbocycles. The van der Waals surface area contributed by atoms with E-state index in [9.17, 15) is 5.11 Å². The Kier molecular flexibility index (Phi) is 4.02. The minimum atomic E-state index is -0.704. The fourth-order valence-electron chi connectivity index (χ4n) is 1.41. The lowest BCUT2D eigenvalue weighted by atomic mass is 10.1. The summed E-state index contributed by atoms with van der Waals surface area (Å²) < 4.78 is 4.88. The highest BCUT2D eigenvalue weighted by molar-refractivity contribution is 4.78. The predicted octanol–water partition coefficient (Wildman–Crippen LogP) is 2.46. The van der Waals surface area contributed by atoms with E-state index in [-0.39, 0.29) is 0 Å². The number of rotatable bonds is 7. The molecule has 1 saturated heterocycles. The molecule has 0 aromatic carbocycles. The Balaban J connectivity index is 1.77. The first-order chi connectivity index (χ1) is 5.77. The van der Waals surface area contributed by atoms with Crippen molar-refractivity contribution in [1.29, 1.82) is 0 Å². The summed E-state index contributed by atoms with van der Waals surface area (Å²) in [6, 6.07) is 0. The van der Waals surface area contributed by atoms with Crippen LogP contribution in [-0.2, 0) is 4.74 Å². The Morgan fingerprint density at radius 3 is 2.33 bits per heavy atom. The third-order valence-corrected chi connectivity index (χ3v) is 2.40. The second-order valence-corrected chi connectivity index (χ2v) is 3.75. The van der Waals surface area contributed by atoms with Crippen LogP contribution >= 0.6 is 0 Å². The summed E-state index contributed by atoms with van der Waals surface area (Å²) in [6.45, 7) is 2.78. The average Bonchev–Trinajstić information content (AvgIpc) is 2.77. The highest BCUT2D eigenvalue weighted by Gasteiger charge is 2.41. The van der Waals surface area contributed by atoms with Crippen LogP contribution in [0.25, 0.3) is 0 Å². The molecule has 12 heavy (non-hydrogen) atoms. The van der Waals surface area contributed by atoms with Crippen LogP contribution < -0.4 is 0 Å². The molecule has 1 aliphatic rings. The van der Waals surface area contributed by atoms with Crippen LogP contribution in [-0.4, -0.2) is 17.5 Å². The van der Waals surface area contributed by atoms with Gasteiger partial charge < -0.3 is 9.84 Å². The zero-order valence-corrected chi connectivity index (χ0v) is 8.01. The topological polar surface area (TPSA) is 32.8 Å². The minimum absolute atomic E-state index is 0.558. The highest BCUT2D eigenvalue weighted by Crippen LogP contribution is 2.29. The van der Waals surface area contributed by atoms with E-state index in [2.05, 4.69) is 6.92 Å². The molecule has 1 N–H and O–H groups in total. The largest absolute Gasteiger partial charge is 0.364 e. The lowest BCUT2D eigenvalue weighted by Crippen LogP contribution is -2.07. The summed E-state index contributed by atoms with van der Waals surface area (Å²) in [4.78, 5) is 0. The lowest BCUT2D eigenvalue weighted by molar-refractivity contribution is 0.0265. The average molecular weight is 172 g/mol. The van der Waals surface area contributed by atoms with Gasteiger partial charge in [-0.2, -0.15) is 0 Å². The van der Waals surface area contributed by atoms with Crippen LogP contribution in [0.1, 0.15) is 51.9 Å². The number of epoxide rings is 1. The Hall–Kier alpha value is -0.0800. The molecule has 0 radical (unpaired) electrons. The second kappa shape index (κ2) is 4.83. The first-order valence-electron chi connectivity index (χ1n) is 5.13. The van der Waals surface area contributed by atoms with Crippen molar-refractivity contribution in [3.05, 3.63) is 0 Å². The Morgan fingerprint density at radius 2 is 1.75 bits per heavy atom. The maximum atomic E-state index is 9.31. The van der Waals surface area contributed by atoms with Crippen molar-refractivity contribution in [2.75, 3.05) is 6.61 Å². The number of aliphatic hydroxyl groups is 1. The first-order valence-corrected chi connectivity index (χ1v) is 5.13. The molecule has 2 nitrogen and oxygen atoms in total. The zero-order valence-electron chi connectivity index (χ0n) is 8.01. The van der Waals surface area contributed by atoms with Crippen LogP contribution in [0, 0.1) is 0 Å². The van der Waals surface area contributed by atoms with Crippen LogP contribution in [0.2, 0.25) is 0 Å². The van der Waals surface area contributed by atoms with Crippen LogP contribution in [0.15, 0.2) is 0 Å². The van der Waals surface area contributed by atoms with Crippen molar-refractivity contribution < 1.29 is 9.84 Å². The summed E-state index contributed by atoms with van der Waals surface area (Å²) in [5, 5.41) is 9.31. The molecule has 1 heterocycles. The molecule has 2 heteroatoms. The minimum Gasteiger partial charge on any atom is -0.364 e. The summed E-state index contributed by atoms with van der Waals surface area (Å²) in [6.07, 6.45) is 8.48. The molecular formula is C10H20O2. The SMILES string of the molecule is CCCCCCCCC1(O)CO1. The Bertz CT molecular complexity index is 119. The van der Waals surface area contributed by atoms with Gasteiger partial charge >= 0.3 is 0 Å². The number of hydrogen-bond donors (Lipinski definition) is 1. The number of ether oxygens (including phenoxy) is 1. The van der Waals surface area contributed by atoms with Gasteiger partial charge in [0.15, 0.2) is 5.79 Å². The quantitative estimate of drug-likeness (QED) is 0.472. The molecular weight excluding hydrogens is 152 g/mol. The highest BCUT2D eigenvalue weighted by atomic mass is 16.7. The summed E-state index contributed by atoms with van der Waals surface area (Å²) >= 11 is 0. The van der Waals surface area contributed by atoms with Crippen molar-refractivity contribution in [1.82, 2.24) is 0 Å². The molecule has 1 fully saturated rings. The van der Waals surface area contributed by atoms with Gasteiger partial charge in [-0.25, -0.2) is 0 Å². The van der Waals surface area contributed by atoms with E-state index in [0.29, 0.717) is 6.61 Å². The van der Waals surface area contributed by atoms with E-state index in [4.69, 9.17) is 4.74 Å².